The molecule has 1 N–H and O–H groups in total. The molecule has 1 unspecified atom stereocenters. The Hall–Kier alpha value is -2.38. The first-order chi connectivity index (χ1) is 9.29. The first kappa shape index (κ1) is 15.7. The van der Waals surface area contributed by atoms with Gasteiger partial charge in [0.1, 0.15) is 0 Å². The number of hydrogen-bond donors (Lipinski definition) is 1. The molecule has 8 nitrogen and oxygen atoms in total. The van der Waals surface area contributed by atoms with Gasteiger partial charge in [-0.3, -0.25) is 9.59 Å². The third kappa shape index (κ3) is 3.14. The van der Waals surface area contributed by atoms with Crippen molar-refractivity contribution in [3.63, 3.8) is 0 Å². The van der Waals surface area contributed by atoms with Gasteiger partial charge in [0.2, 0.25) is 0 Å². The largest absolute Gasteiger partial charge is 0.481 e. The molecule has 1 rings (SSSR count). The summed E-state index contributed by atoms with van der Waals surface area (Å²) in [4.78, 5) is 34.6. The van der Waals surface area contributed by atoms with Gasteiger partial charge in [-0.15, -0.1) is 0 Å². The average molecular weight is 283 g/mol. The maximum Gasteiger partial charge on any atom is 0.323 e. The molecule has 0 fully saturated rings. The van der Waals surface area contributed by atoms with Crippen molar-refractivity contribution < 1.29 is 19.6 Å². The molecule has 0 aliphatic heterocycles. The molecule has 8 heteroatoms. The van der Waals surface area contributed by atoms with Gasteiger partial charge in [-0.2, -0.15) is 0 Å². The highest BCUT2D eigenvalue weighted by atomic mass is 16.6. The zero-order valence-electron chi connectivity index (χ0n) is 11.6. The maximum absolute atomic E-state index is 12.3. The van der Waals surface area contributed by atoms with E-state index < -0.39 is 22.7 Å². The molecule has 0 aliphatic rings. The smallest absolute Gasteiger partial charge is 0.323 e. The fraction of sp³-hybridized carbons (Fsp3) is 0.500. The van der Waals surface area contributed by atoms with Crippen molar-refractivity contribution in [3.8, 4) is 0 Å². The topological polar surface area (TPSA) is 106 Å². The summed E-state index contributed by atoms with van der Waals surface area (Å²) in [5.74, 6) is -2.30. The summed E-state index contributed by atoms with van der Waals surface area (Å²) in [6.07, 6.45) is 0. The SMILES string of the molecule is CCN(CC(C)C(=O)O)C(=O)c1ccc([N+](=O)[O-])n1C. The highest BCUT2D eigenvalue weighted by molar-refractivity contribution is 5.93. The number of carbonyl (C=O) groups is 2. The number of carboxylic acids is 1. The Morgan fingerprint density at radius 1 is 1.50 bits per heavy atom. The predicted octanol–water partition coefficient (Wildman–Crippen LogP) is 1.12. The summed E-state index contributed by atoms with van der Waals surface area (Å²) in [5, 5.41) is 19.6. The third-order valence-corrected chi connectivity index (χ3v) is 3.09. The second kappa shape index (κ2) is 6.18. The Morgan fingerprint density at radius 2 is 2.10 bits per heavy atom. The fourth-order valence-corrected chi connectivity index (χ4v) is 1.82. The molecule has 1 aromatic rings. The van der Waals surface area contributed by atoms with Gasteiger partial charge in [-0.1, -0.05) is 6.92 Å². The van der Waals surface area contributed by atoms with Crippen LogP contribution in [0.2, 0.25) is 0 Å². The van der Waals surface area contributed by atoms with Crippen molar-refractivity contribution in [1.82, 2.24) is 9.47 Å². The number of aliphatic carboxylic acids is 1. The summed E-state index contributed by atoms with van der Waals surface area (Å²) in [6.45, 7) is 3.62. The Bertz CT molecular complexity index is 537. The maximum atomic E-state index is 12.3. The Kier molecular flexibility index (Phi) is 4.84. The van der Waals surface area contributed by atoms with Gasteiger partial charge < -0.3 is 20.1 Å². The van der Waals surface area contributed by atoms with Crippen LogP contribution in [-0.4, -0.2) is 44.5 Å². The summed E-state index contributed by atoms with van der Waals surface area (Å²) in [5.41, 5.74) is 0.163. The minimum atomic E-state index is -0.992. The van der Waals surface area contributed by atoms with E-state index in [9.17, 15) is 19.7 Å². The van der Waals surface area contributed by atoms with Gasteiger partial charge in [0.15, 0.2) is 5.69 Å². The number of rotatable bonds is 6. The lowest BCUT2D eigenvalue weighted by atomic mass is 10.1. The zero-order valence-corrected chi connectivity index (χ0v) is 11.6. The molecule has 1 aromatic heterocycles. The molecular weight excluding hydrogens is 266 g/mol. The van der Waals surface area contributed by atoms with E-state index in [1.165, 1.54) is 35.6 Å². The molecule has 110 valence electrons. The van der Waals surface area contributed by atoms with Crippen molar-refractivity contribution in [3.05, 3.63) is 27.9 Å². The van der Waals surface area contributed by atoms with Gasteiger partial charge in [-0.05, 0) is 17.9 Å². The minimum Gasteiger partial charge on any atom is -0.481 e. The van der Waals surface area contributed by atoms with Gasteiger partial charge >= 0.3 is 11.8 Å². The van der Waals surface area contributed by atoms with E-state index in [-0.39, 0.29) is 18.1 Å². The fourth-order valence-electron chi connectivity index (χ4n) is 1.82. The second-order valence-electron chi connectivity index (χ2n) is 4.48. The van der Waals surface area contributed by atoms with Crippen molar-refractivity contribution in [2.45, 2.75) is 13.8 Å². The quantitative estimate of drug-likeness (QED) is 0.622. The number of nitrogens with zero attached hydrogens (tertiary/aromatic N) is 3. The molecule has 0 bridgehead atoms. The molecule has 20 heavy (non-hydrogen) atoms. The minimum absolute atomic E-state index is 0.0592. The van der Waals surface area contributed by atoms with Crippen LogP contribution >= 0.6 is 0 Å². The van der Waals surface area contributed by atoms with Gasteiger partial charge in [-0.25, -0.2) is 4.57 Å². The highest BCUT2D eigenvalue weighted by Gasteiger charge is 2.26. The monoisotopic (exact) mass is 283 g/mol. The first-order valence-electron chi connectivity index (χ1n) is 6.11. The summed E-state index contributed by atoms with van der Waals surface area (Å²) < 4.78 is 1.19. The lowest BCUT2D eigenvalue weighted by Gasteiger charge is -2.21. The van der Waals surface area contributed by atoms with Crippen LogP contribution in [0.25, 0.3) is 0 Å². The van der Waals surface area contributed by atoms with Crippen molar-refractivity contribution in [2.24, 2.45) is 13.0 Å². The second-order valence-corrected chi connectivity index (χ2v) is 4.48. The number of carboxylic acid groups (broad SMARTS) is 1. The molecule has 0 aliphatic carbocycles. The molecule has 1 heterocycles. The van der Waals surface area contributed by atoms with E-state index in [4.69, 9.17) is 5.11 Å². The van der Waals surface area contributed by atoms with E-state index in [0.29, 0.717) is 6.54 Å². The molecular formula is C12H17N3O5. The molecule has 0 saturated heterocycles. The summed E-state index contributed by atoms with van der Waals surface area (Å²) >= 11 is 0. The molecule has 0 spiro atoms. The zero-order chi connectivity index (χ0) is 15.4. The standard InChI is InChI=1S/C12H17N3O5/c1-4-14(7-8(2)12(17)18)11(16)9-5-6-10(13(9)3)15(19)20/h5-6,8H,4,7H2,1-3H3,(H,17,18). The number of aromatic nitrogens is 1. The third-order valence-electron chi connectivity index (χ3n) is 3.09. The van der Waals surface area contributed by atoms with E-state index in [1.54, 1.807) is 6.92 Å². The van der Waals surface area contributed by atoms with Gasteiger partial charge in [0, 0.05) is 19.2 Å². The van der Waals surface area contributed by atoms with Crippen LogP contribution in [0, 0.1) is 16.0 Å². The number of amides is 1. The van der Waals surface area contributed by atoms with Crippen molar-refractivity contribution in [1.29, 1.82) is 0 Å². The van der Waals surface area contributed by atoms with Crippen LogP contribution in [0.15, 0.2) is 12.1 Å². The molecule has 1 atom stereocenters. The van der Waals surface area contributed by atoms with Crippen LogP contribution < -0.4 is 0 Å². The van der Waals surface area contributed by atoms with E-state index in [0.717, 1.165) is 0 Å². The van der Waals surface area contributed by atoms with Crippen LogP contribution in [0.5, 0.6) is 0 Å². The van der Waals surface area contributed by atoms with Crippen molar-refractivity contribution >= 4 is 17.7 Å². The van der Waals surface area contributed by atoms with E-state index >= 15 is 0 Å². The van der Waals surface area contributed by atoms with Crippen LogP contribution in [0.3, 0.4) is 0 Å². The van der Waals surface area contributed by atoms with Crippen LogP contribution in [-0.2, 0) is 11.8 Å². The van der Waals surface area contributed by atoms with Crippen LogP contribution in [0.1, 0.15) is 24.3 Å². The molecule has 0 saturated carbocycles. The lowest BCUT2D eigenvalue weighted by Crippen LogP contribution is -2.37. The Balaban J connectivity index is 2.97. The number of carbonyl (C=O) groups excluding carboxylic acids is 1. The number of hydrogen-bond acceptors (Lipinski definition) is 4. The molecule has 0 aromatic carbocycles. The Morgan fingerprint density at radius 3 is 2.50 bits per heavy atom. The van der Waals surface area contributed by atoms with Gasteiger partial charge in [0.05, 0.1) is 13.0 Å². The normalized spacial score (nSPS) is 11.9. The number of nitro groups is 1. The van der Waals surface area contributed by atoms with E-state index in [2.05, 4.69) is 0 Å². The lowest BCUT2D eigenvalue weighted by molar-refractivity contribution is -0.391. The van der Waals surface area contributed by atoms with Gasteiger partial charge in [0.25, 0.3) is 5.91 Å². The first-order valence-corrected chi connectivity index (χ1v) is 6.11. The van der Waals surface area contributed by atoms with Crippen LogP contribution in [0.4, 0.5) is 5.82 Å². The summed E-state index contributed by atoms with van der Waals surface area (Å²) in [7, 11) is 1.43. The average Bonchev–Trinajstić information content (AvgIpc) is 2.76. The summed E-state index contributed by atoms with van der Waals surface area (Å²) in [6, 6.07) is 2.62. The van der Waals surface area contributed by atoms with Crippen molar-refractivity contribution in [2.75, 3.05) is 13.1 Å². The molecule has 0 radical (unpaired) electrons. The Labute approximate surface area is 115 Å². The van der Waals surface area contributed by atoms with E-state index in [1.807, 2.05) is 0 Å². The highest BCUT2D eigenvalue weighted by Crippen LogP contribution is 2.17. The molecule has 1 amide bonds. The predicted molar refractivity (Wildman–Crippen MR) is 70.4 cm³/mol.